The van der Waals surface area contributed by atoms with Crippen molar-refractivity contribution in [2.75, 3.05) is 7.11 Å². The molecule has 5 rings (SSSR count). The number of ether oxygens (including phenoxy) is 2. The maximum absolute atomic E-state index is 12.9. The van der Waals surface area contributed by atoms with Crippen LogP contribution in [0.2, 0.25) is 0 Å². The van der Waals surface area contributed by atoms with Crippen molar-refractivity contribution in [1.29, 1.82) is 0 Å². The summed E-state index contributed by atoms with van der Waals surface area (Å²) in [5.41, 5.74) is 1.09. The van der Waals surface area contributed by atoms with Crippen molar-refractivity contribution in [2.24, 2.45) is 34.5 Å². The van der Waals surface area contributed by atoms with Crippen LogP contribution < -0.4 is 0 Å². The molecule has 1 saturated heterocycles. The van der Waals surface area contributed by atoms with Crippen molar-refractivity contribution in [1.82, 2.24) is 0 Å². The largest absolute Gasteiger partial charge is 0.469 e. The summed E-state index contributed by atoms with van der Waals surface area (Å²) in [6.45, 7) is 6.04. The minimum Gasteiger partial charge on any atom is -0.469 e. The third-order valence-corrected chi connectivity index (χ3v) is 8.04. The number of fused-ring (bicyclic) bond motifs is 6. The molecule has 0 aromatic heterocycles. The molecule has 1 N–H and O–H groups in total. The summed E-state index contributed by atoms with van der Waals surface area (Å²) in [5, 5.41) is 10.8. The van der Waals surface area contributed by atoms with Crippen LogP contribution in [0.15, 0.2) is 23.8 Å². The highest BCUT2D eigenvalue weighted by atomic mass is 16.6. The molecule has 1 heterocycles. The van der Waals surface area contributed by atoms with Crippen molar-refractivity contribution in [2.45, 2.75) is 44.8 Å². The number of allylic oxidation sites excluding steroid dienone is 2. The molecule has 0 amide bonds. The summed E-state index contributed by atoms with van der Waals surface area (Å²) >= 11 is 0. The zero-order valence-corrected chi connectivity index (χ0v) is 14.7. The normalized spacial score (nSPS) is 52.4. The van der Waals surface area contributed by atoms with Gasteiger partial charge >= 0.3 is 11.9 Å². The van der Waals surface area contributed by atoms with E-state index in [1.54, 1.807) is 6.92 Å². The Bertz CT molecular complexity index is 738. The number of hydrogen-bond acceptors (Lipinski definition) is 5. The molecule has 0 unspecified atom stereocenters. The summed E-state index contributed by atoms with van der Waals surface area (Å²) in [4.78, 5) is 25.6. The van der Waals surface area contributed by atoms with Crippen LogP contribution in [0.5, 0.6) is 0 Å². The van der Waals surface area contributed by atoms with Crippen molar-refractivity contribution in [3.8, 4) is 0 Å². The first kappa shape index (κ1) is 15.6. The van der Waals surface area contributed by atoms with Crippen LogP contribution in [0.3, 0.4) is 0 Å². The number of aliphatic hydroxyl groups is 1. The van der Waals surface area contributed by atoms with E-state index in [4.69, 9.17) is 9.47 Å². The van der Waals surface area contributed by atoms with Crippen molar-refractivity contribution < 1.29 is 24.2 Å². The fourth-order valence-electron chi connectivity index (χ4n) is 6.98. The van der Waals surface area contributed by atoms with Gasteiger partial charge in [-0.2, -0.15) is 0 Å². The average Bonchev–Trinajstić information content (AvgIpc) is 3.06. The molecular weight excluding hydrogens is 320 g/mol. The highest BCUT2D eigenvalue weighted by Gasteiger charge is 2.74. The molecule has 5 heteroatoms. The van der Waals surface area contributed by atoms with E-state index >= 15 is 0 Å². The maximum atomic E-state index is 12.9. The molecule has 0 radical (unpaired) electrons. The van der Waals surface area contributed by atoms with E-state index in [0.29, 0.717) is 5.92 Å². The highest BCUT2D eigenvalue weighted by Crippen LogP contribution is 2.73. The number of carbonyl (C=O) groups is 2. The second-order valence-corrected chi connectivity index (χ2v) is 8.84. The van der Waals surface area contributed by atoms with Gasteiger partial charge in [-0.15, -0.1) is 0 Å². The van der Waals surface area contributed by atoms with Gasteiger partial charge in [0, 0.05) is 5.92 Å². The Balaban J connectivity index is 1.74. The molecule has 8 atom stereocenters. The minimum absolute atomic E-state index is 0.211. The Morgan fingerprint density at radius 3 is 2.92 bits per heavy atom. The highest BCUT2D eigenvalue weighted by molar-refractivity contribution is 5.85. The zero-order chi connectivity index (χ0) is 17.7. The molecule has 5 nitrogen and oxygen atoms in total. The Kier molecular flexibility index (Phi) is 2.85. The Labute approximate surface area is 147 Å². The van der Waals surface area contributed by atoms with E-state index in [1.807, 2.05) is 6.08 Å². The predicted molar refractivity (Wildman–Crippen MR) is 88.1 cm³/mol. The number of aliphatic hydroxyl groups excluding tert-OH is 1. The average molecular weight is 344 g/mol. The molecule has 1 spiro atoms. The van der Waals surface area contributed by atoms with Crippen molar-refractivity contribution in [3.63, 3.8) is 0 Å². The molecule has 0 aromatic rings. The molecule has 134 valence electrons. The van der Waals surface area contributed by atoms with Gasteiger partial charge in [0.2, 0.25) is 0 Å². The first-order chi connectivity index (χ1) is 11.8. The zero-order valence-electron chi connectivity index (χ0n) is 14.7. The fourth-order valence-corrected chi connectivity index (χ4v) is 6.98. The lowest BCUT2D eigenvalue weighted by atomic mass is 9.61. The molecule has 1 aliphatic heterocycles. The number of rotatable bonds is 1. The molecule has 3 saturated carbocycles. The van der Waals surface area contributed by atoms with Crippen LogP contribution in [0.4, 0.5) is 0 Å². The first-order valence-electron chi connectivity index (χ1n) is 9.21. The topological polar surface area (TPSA) is 72.8 Å². The maximum Gasteiger partial charge on any atom is 0.315 e. The van der Waals surface area contributed by atoms with Gasteiger partial charge < -0.3 is 14.6 Å². The lowest BCUT2D eigenvalue weighted by Gasteiger charge is -2.40. The second-order valence-electron chi connectivity index (χ2n) is 8.84. The third kappa shape index (κ3) is 1.55. The SMILES string of the molecule is C=C1C[C@]23C[C@H]1CC[C@H]2C1=C[C@H]2OC(=O)[C@@](C)([C@H]1[C@@H]3C(=O)OC)[C@H]2O. The van der Waals surface area contributed by atoms with Crippen molar-refractivity contribution >= 4 is 11.9 Å². The van der Waals surface area contributed by atoms with Crippen LogP contribution in [-0.4, -0.2) is 36.4 Å². The molecule has 5 aliphatic rings. The summed E-state index contributed by atoms with van der Waals surface area (Å²) in [7, 11) is 1.41. The van der Waals surface area contributed by atoms with E-state index in [-0.39, 0.29) is 23.2 Å². The second kappa shape index (κ2) is 4.56. The minimum atomic E-state index is -1.07. The monoisotopic (exact) mass is 344 g/mol. The van der Waals surface area contributed by atoms with Crippen LogP contribution >= 0.6 is 0 Å². The van der Waals surface area contributed by atoms with Gasteiger partial charge in [-0.1, -0.05) is 17.7 Å². The van der Waals surface area contributed by atoms with E-state index in [9.17, 15) is 14.7 Å². The summed E-state index contributed by atoms with van der Waals surface area (Å²) in [6, 6.07) is 0. The van der Waals surface area contributed by atoms with Gasteiger partial charge in [-0.05, 0) is 55.9 Å². The van der Waals surface area contributed by atoms with Gasteiger partial charge in [0.25, 0.3) is 0 Å². The molecular formula is C20H24O5. The van der Waals surface area contributed by atoms with Gasteiger partial charge in [0.15, 0.2) is 0 Å². The number of esters is 2. The molecule has 25 heavy (non-hydrogen) atoms. The summed E-state index contributed by atoms with van der Waals surface area (Å²) in [6.07, 6.45) is 4.31. The van der Waals surface area contributed by atoms with Gasteiger partial charge in [0.05, 0.1) is 13.0 Å². The lowest BCUT2D eigenvalue weighted by Crippen LogP contribution is -2.50. The number of methoxy groups -OCH3 is 1. The van der Waals surface area contributed by atoms with E-state index in [1.165, 1.54) is 12.7 Å². The van der Waals surface area contributed by atoms with Crippen molar-refractivity contribution in [3.05, 3.63) is 23.8 Å². The van der Waals surface area contributed by atoms with Gasteiger partial charge in [0.1, 0.15) is 17.6 Å². The fraction of sp³-hybridized carbons (Fsp3) is 0.700. The first-order valence-corrected chi connectivity index (χ1v) is 9.21. The van der Waals surface area contributed by atoms with E-state index in [0.717, 1.165) is 31.3 Å². The standard InChI is InChI=1S/C20H24O5/c1-9-7-20-8-10(9)4-5-12(20)11-6-13-16(21)19(2,18(23)25-13)14(11)15(20)17(22)24-3/h6,10,12-16,21H,1,4-5,7-8H2,2-3H3/t10-,12+,13-,14-,15-,16+,19+,20+/m1/s1. The predicted octanol–water partition coefficient (Wildman–Crippen LogP) is 2.00. The molecule has 4 bridgehead atoms. The summed E-state index contributed by atoms with van der Waals surface area (Å²) in [5.74, 6) is -0.691. The van der Waals surface area contributed by atoms with Gasteiger partial charge in [-0.25, -0.2) is 0 Å². The van der Waals surface area contributed by atoms with Gasteiger partial charge in [-0.3, -0.25) is 9.59 Å². The molecule has 4 fully saturated rings. The summed E-state index contributed by atoms with van der Waals surface area (Å²) < 4.78 is 10.6. The Hall–Kier alpha value is -1.62. The Morgan fingerprint density at radius 2 is 2.20 bits per heavy atom. The molecule has 4 aliphatic carbocycles. The number of carbonyl (C=O) groups excluding carboxylic acids is 2. The van der Waals surface area contributed by atoms with Crippen LogP contribution in [0.25, 0.3) is 0 Å². The smallest absolute Gasteiger partial charge is 0.315 e. The lowest BCUT2D eigenvalue weighted by molar-refractivity contribution is -0.159. The number of hydrogen-bond donors (Lipinski definition) is 1. The van der Waals surface area contributed by atoms with E-state index in [2.05, 4.69) is 6.58 Å². The quantitative estimate of drug-likeness (QED) is 0.582. The van der Waals surface area contributed by atoms with E-state index < -0.39 is 29.5 Å². The van der Waals surface area contributed by atoms with Crippen LogP contribution in [-0.2, 0) is 19.1 Å². The molecule has 0 aromatic carbocycles. The Morgan fingerprint density at radius 1 is 1.44 bits per heavy atom. The van der Waals surface area contributed by atoms with Crippen LogP contribution in [0, 0.1) is 34.5 Å². The van der Waals surface area contributed by atoms with Crippen LogP contribution in [0.1, 0.15) is 32.6 Å². The third-order valence-electron chi connectivity index (χ3n) is 8.04.